The fraction of sp³-hybridized carbons (Fsp3) is 0.638. The molecule has 362 valence electrons. The lowest BCUT2D eigenvalue weighted by molar-refractivity contribution is -0.167. The van der Waals surface area contributed by atoms with E-state index in [-0.39, 0.29) is 31.1 Å². The first kappa shape index (κ1) is 60.1. The van der Waals surface area contributed by atoms with Crippen molar-refractivity contribution in [1.29, 1.82) is 0 Å². The largest absolute Gasteiger partial charge is 0.462 e. The van der Waals surface area contributed by atoms with Gasteiger partial charge < -0.3 is 14.2 Å². The number of hydrogen-bond acceptors (Lipinski definition) is 6. The predicted molar refractivity (Wildman–Crippen MR) is 274 cm³/mol. The van der Waals surface area contributed by atoms with Crippen LogP contribution in [0, 0.1) is 0 Å². The smallest absolute Gasteiger partial charge is 0.306 e. The number of ether oxygens (including phenoxy) is 3. The lowest BCUT2D eigenvalue weighted by Gasteiger charge is -2.18. The Labute approximate surface area is 393 Å². The average Bonchev–Trinajstić information content (AvgIpc) is 3.29. The zero-order chi connectivity index (χ0) is 46.5. The van der Waals surface area contributed by atoms with E-state index in [4.69, 9.17) is 14.2 Å². The number of allylic oxidation sites excluding steroid dienone is 18. The van der Waals surface area contributed by atoms with Gasteiger partial charge in [0.25, 0.3) is 0 Å². The number of esters is 3. The molecule has 1 unspecified atom stereocenters. The highest BCUT2D eigenvalue weighted by molar-refractivity contribution is 5.71. The van der Waals surface area contributed by atoms with Gasteiger partial charge in [0, 0.05) is 19.3 Å². The summed E-state index contributed by atoms with van der Waals surface area (Å²) in [5.41, 5.74) is 0. The first-order valence-corrected chi connectivity index (χ1v) is 25.9. The summed E-state index contributed by atoms with van der Waals surface area (Å²) in [4.78, 5) is 37.9. The van der Waals surface area contributed by atoms with E-state index in [0.717, 1.165) is 135 Å². The average molecular weight is 887 g/mol. The third-order valence-corrected chi connectivity index (χ3v) is 10.5. The summed E-state index contributed by atoms with van der Waals surface area (Å²) in [6, 6.07) is 0. The molecule has 0 rings (SSSR count). The molecule has 0 heterocycles. The van der Waals surface area contributed by atoms with Gasteiger partial charge in [-0.2, -0.15) is 0 Å². The van der Waals surface area contributed by atoms with Gasteiger partial charge in [0.15, 0.2) is 6.10 Å². The van der Waals surface area contributed by atoms with E-state index in [1.54, 1.807) is 0 Å². The Morgan fingerprint density at radius 1 is 0.328 bits per heavy atom. The molecule has 1 atom stereocenters. The van der Waals surface area contributed by atoms with Gasteiger partial charge in [-0.25, -0.2) is 0 Å². The van der Waals surface area contributed by atoms with Crippen molar-refractivity contribution in [2.75, 3.05) is 13.2 Å². The Morgan fingerprint density at radius 2 is 0.641 bits per heavy atom. The molecule has 64 heavy (non-hydrogen) atoms. The summed E-state index contributed by atoms with van der Waals surface area (Å²) in [7, 11) is 0. The van der Waals surface area contributed by atoms with Crippen LogP contribution in [0.25, 0.3) is 0 Å². The molecule has 0 bridgehead atoms. The monoisotopic (exact) mass is 887 g/mol. The molecule has 0 aromatic heterocycles. The van der Waals surface area contributed by atoms with E-state index in [9.17, 15) is 14.4 Å². The quantitative estimate of drug-likeness (QED) is 0.0262. The van der Waals surface area contributed by atoms with Crippen LogP contribution in [0.4, 0.5) is 0 Å². The van der Waals surface area contributed by atoms with Crippen LogP contribution in [-0.2, 0) is 28.6 Å². The van der Waals surface area contributed by atoms with E-state index in [0.29, 0.717) is 25.7 Å². The molecule has 0 N–H and O–H groups in total. The van der Waals surface area contributed by atoms with Gasteiger partial charge in [-0.1, -0.05) is 188 Å². The summed E-state index contributed by atoms with van der Waals surface area (Å²) in [6.45, 7) is 6.36. The second-order valence-electron chi connectivity index (χ2n) is 16.7. The zero-order valence-electron chi connectivity index (χ0n) is 41.3. The Hall–Kier alpha value is -3.93. The Kier molecular flexibility index (Phi) is 48.5. The minimum Gasteiger partial charge on any atom is -0.462 e. The topological polar surface area (TPSA) is 78.9 Å². The molecule has 0 aliphatic carbocycles. The van der Waals surface area contributed by atoms with Gasteiger partial charge in [0.2, 0.25) is 0 Å². The van der Waals surface area contributed by atoms with Gasteiger partial charge in [-0.15, -0.1) is 0 Å². The lowest BCUT2D eigenvalue weighted by Crippen LogP contribution is -2.30. The molecule has 0 aliphatic rings. The summed E-state index contributed by atoms with van der Waals surface area (Å²) in [6.07, 6.45) is 69.3. The first-order valence-electron chi connectivity index (χ1n) is 25.9. The van der Waals surface area contributed by atoms with Gasteiger partial charge in [0.1, 0.15) is 13.2 Å². The first-order chi connectivity index (χ1) is 31.5. The fourth-order valence-corrected chi connectivity index (χ4v) is 6.59. The van der Waals surface area contributed by atoms with Crippen molar-refractivity contribution in [1.82, 2.24) is 0 Å². The molecular formula is C58H94O6. The second kappa shape index (κ2) is 51.7. The number of unbranched alkanes of at least 4 members (excludes halogenated alkanes) is 16. The van der Waals surface area contributed by atoms with Gasteiger partial charge in [0.05, 0.1) is 0 Å². The van der Waals surface area contributed by atoms with Crippen molar-refractivity contribution in [2.45, 2.75) is 226 Å². The Balaban J connectivity index is 4.48. The maximum atomic E-state index is 12.8. The van der Waals surface area contributed by atoms with E-state index < -0.39 is 6.10 Å². The van der Waals surface area contributed by atoms with E-state index >= 15 is 0 Å². The third kappa shape index (κ3) is 49.1. The van der Waals surface area contributed by atoms with Crippen molar-refractivity contribution in [2.24, 2.45) is 0 Å². The normalized spacial score (nSPS) is 13.0. The van der Waals surface area contributed by atoms with Crippen molar-refractivity contribution in [3.63, 3.8) is 0 Å². The molecule has 6 heteroatoms. The Bertz CT molecular complexity index is 1340. The molecular weight excluding hydrogens is 793 g/mol. The summed E-state index contributed by atoms with van der Waals surface area (Å²) >= 11 is 0. The lowest BCUT2D eigenvalue weighted by atomic mass is 10.1. The number of carbonyl (C=O) groups excluding carboxylic acids is 3. The number of rotatable bonds is 45. The highest BCUT2D eigenvalue weighted by Gasteiger charge is 2.19. The van der Waals surface area contributed by atoms with Crippen LogP contribution in [0.2, 0.25) is 0 Å². The van der Waals surface area contributed by atoms with Gasteiger partial charge in [-0.3, -0.25) is 14.4 Å². The van der Waals surface area contributed by atoms with Gasteiger partial charge in [-0.05, 0) is 122 Å². The van der Waals surface area contributed by atoms with Crippen LogP contribution in [-0.4, -0.2) is 37.2 Å². The van der Waals surface area contributed by atoms with Crippen LogP contribution in [0.15, 0.2) is 109 Å². The molecule has 0 saturated carbocycles. The van der Waals surface area contributed by atoms with E-state index in [1.165, 1.54) is 38.5 Å². The minimum atomic E-state index is -0.807. The molecule has 6 nitrogen and oxygen atoms in total. The molecule has 0 radical (unpaired) electrons. The molecule has 0 aromatic rings. The second-order valence-corrected chi connectivity index (χ2v) is 16.7. The van der Waals surface area contributed by atoms with Crippen LogP contribution < -0.4 is 0 Å². The molecule has 0 spiro atoms. The summed E-state index contributed by atoms with van der Waals surface area (Å²) in [5, 5.41) is 0. The highest BCUT2D eigenvalue weighted by Crippen LogP contribution is 2.12. The van der Waals surface area contributed by atoms with Crippen molar-refractivity contribution in [3.05, 3.63) is 109 Å². The highest BCUT2D eigenvalue weighted by atomic mass is 16.6. The standard InChI is InChI=1S/C58H94O6/c1-4-7-10-13-16-19-22-25-26-27-28-29-30-31-32-34-36-39-42-45-48-51-57(60)63-54-55(53-62-56(59)50-47-44-41-38-35-24-21-18-15-12-9-6-3)64-58(61)52-49-46-43-40-37-33-23-20-17-14-11-8-5-2/h7,10-11,14,16,18-21,23,25-26,28-29,31-32,36,39,55H,4-6,8-9,12-13,15,17,22,24,27,30,33-35,37-38,40-54H2,1-3H3/b10-7-,14-11-,19-16-,21-18-,23-20-,26-25-,29-28-,32-31-,39-36-. The van der Waals surface area contributed by atoms with E-state index in [1.807, 2.05) is 0 Å². The number of hydrogen-bond donors (Lipinski definition) is 0. The van der Waals surface area contributed by atoms with Crippen LogP contribution in [0.3, 0.4) is 0 Å². The Morgan fingerprint density at radius 3 is 1.06 bits per heavy atom. The third-order valence-electron chi connectivity index (χ3n) is 10.5. The maximum absolute atomic E-state index is 12.8. The fourth-order valence-electron chi connectivity index (χ4n) is 6.59. The van der Waals surface area contributed by atoms with Crippen LogP contribution >= 0.6 is 0 Å². The SMILES string of the molecule is CC/C=C\C/C=C\C/C=C\C/C=C\C/C=C\C/C=C\CCCCC(=O)OCC(COC(=O)CCCCCCC/C=C\CCCCC)OC(=O)CCCCCCC/C=C\C/C=C\CCC. The van der Waals surface area contributed by atoms with E-state index in [2.05, 4.69) is 130 Å². The van der Waals surface area contributed by atoms with Crippen molar-refractivity contribution >= 4 is 17.9 Å². The summed E-state index contributed by atoms with van der Waals surface area (Å²) < 4.78 is 16.7. The molecule has 0 fully saturated rings. The molecule has 0 aromatic carbocycles. The maximum Gasteiger partial charge on any atom is 0.306 e. The van der Waals surface area contributed by atoms with Crippen molar-refractivity contribution in [3.8, 4) is 0 Å². The predicted octanol–water partition coefficient (Wildman–Crippen LogP) is 17.1. The molecule has 0 saturated heterocycles. The van der Waals surface area contributed by atoms with Crippen LogP contribution in [0.5, 0.6) is 0 Å². The molecule has 0 aliphatic heterocycles. The van der Waals surface area contributed by atoms with Crippen molar-refractivity contribution < 1.29 is 28.6 Å². The molecule has 0 amide bonds. The zero-order valence-corrected chi connectivity index (χ0v) is 41.3. The van der Waals surface area contributed by atoms with Crippen LogP contribution in [0.1, 0.15) is 220 Å². The number of carbonyl (C=O) groups is 3. The van der Waals surface area contributed by atoms with Gasteiger partial charge >= 0.3 is 17.9 Å². The minimum absolute atomic E-state index is 0.104. The summed E-state index contributed by atoms with van der Waals surface area (Å²) in [5.74, 6) is -0.979.